The number of aliphatic carboxylic acids is 1. The maximum atomic E-state index is 11.6. The minimum absolute atomic E-state index is 0.0411. The molecule has 1 amide bonds. The van der Waals surface area contributed by atoms with Crippen molar-refractivity contribution in [3.05, 3.63) is 27.8 Å². The monoisotopic (exact) mass is 377 g/mol. The van der Waals surface area contributed by atoms with E-state index in [-0.39, 0.29) is 25.0 Å². The minimum Gasteiger partial charge on any atom is -0.484 e. The quantitative estimate of drug-likeness (QED) is 0.714. The van der Waals surface area contributed by atoms with Gasteiger partial charge < -0.3 is 15.2 Å². The number of carbonyl (C=O) groups is 2. The number of hydrogen-bond donors (Lipinski definition) is 2. The Bertz CT molecular complexity index is 433. The van der Waals surface area contributed by atoms with E-state index >= 15 is 0 Å². The fraction of sp³-hybridized carbons (Fsp3) is 0.385. The summed E-state index contributed by atoms with van der Waals surface area (Å²) in [6.45, 7) is 1.70. The van der Waals surface area contributed by atoms with E-state index in [1.807, 2.05) is 12.1 Å². The summed E-state index contributed by atoms with van der Waals surface area (Å²) < 4.78 is 6.41. The second-order valence-electron chi connectivity index (χ2n) is 4.14. The van der Waals surface area contributed by atoms with Crippen molar-refractivity contribution >= 4 is 34.5 Å². The van der Waals surface area contributed by atoms with Gasteiger partial charge in [-0.1, -0.05) is 0 Å². The molecular weight excluding hydrogens is 361 g/mol. The molecule has 1 rings (SSSR count). The number of rotatable bonds is 7. The van der Waals surface area contributed by atoms with Crippen LogP contribution in [0.15, 0.2) is 24.3 Å². The Morgan fingerprint density at radius 3 is 2.58 bits per heavy atom. The maximum absolute atomic E-state index is 11.6. The highest BCUT2D eigenvalue weighted by atomic mass is 127. The van der Waals surface area contributed by atoms with E-state index in [4.69, 9.17) is 9.84 Å². The summed E-state index contributed by atoms with van der Waals surface area (Å²) in [5.41, 5.74) is 0. The predicted octanol–water partition coefficient (Wildman–Crippen LogP) is 2.04. The Hall–Kier alpha value is -1.31. The summed E-state index contributed by atoms with van der Waals surface area (Å²) in [6.07, 6.45) is 0.448. The van der Waals surface area contributed by atoms with Crippen LogP contribution in [-0.4, -0.2) is 29.6 Å². The molecule has 0 bridgehead atoms. The molecule has 2 N–H and O–H groups in total. The zero-order chi connectivity index (χ0) is 14.3. The molecule has 104 valence electrons. The average Bonchev–Trinajstić information content (AvgIpc) is 2.36. The van der Waals surface area contributed by atoms with E-state index in [0.29, 0.717) is 12.2 Å². The molecule has 1 aromatic rings. The summed E-state index contributed by atoms with van der Waals surface area (Å²) in [5, 5.41) is 11.2. The number of hydrogen-bond acceptors (Lipinski definition) is 3. The summed E-state index contributed by atoms with van der Waals surface area (Å²) >= 11 is 2.19. The zero-order valence-electron chi connectivity index (χ0n) is 10.6. The Kier molecular flexibility index (Phi) is 6.61. The van der Waals surface area contributed by atoms with Gasteiger partial charge in [0.05, 0.1) is 0 Å². The molecule has 5 nitrogen and oxygen atoms in total. The van der Waals surface area contributed by atoms with Crippen LogP contribution in [0.5, 0.6) is 5.75 Å². The van der Waals surface area contributed by atoms with Crippen LogP contribution in [0.25, 0.3) is 0 Å². The fourth-order valence-electron chi connectivity index (χ4n) is 1.41. The third-order valence-electron chi connectivity index (χ3n) is 2.38. The Morgan fingerprint density at radius 1 is 1.37 bits per heavy atom. The molecule has 0 spiro atoms. The van der Waals surface area contributed by atoms with Gasteiger partial charge in [0, 0.05) is 16.0 Å². The van der Waals surface area contributed by atoms with E-state index in [9.17, 15) is 9.59 Å². The van der Waals surface area contributed by atoms with Crippen LogP contribution in [0.4, 0.5) is 0 Å². The normalized spacial score (nSPS) is 11.7. The highest BCUT2D eigenvalue weighted by Crippen LogP contribution is 2.13. The largest absolute Gasteiger partial charge is 0.484 e. The van der Waals surface area contributed by atoms with E-state index in [2.05, 4.69) is 27.9 Å². The smallest absolute Gasteiger partial charge is 0.303 e. The number of benzene rings is 1. The van der Waals surface area contributed by atoms with Crippen LogP contribution in [-0.2, 0) is 9.59 Å². The van der Waals surface area contributed by atoms with E-state index in [1.54, 1.807) is 19.1 Å². The lowest BCUT2D eigenvalue weighted by atomic mass is 10.2. The molecule has 0 radical (unpaired) electrons. The number of carboxylic acids is 1. The maximum Gasteiger partial charge on any atom is 0.303 e. The molecule has 19 heavy (non-hydrogen) atoms. The van der Waals surface area contributed by atoms with Crippen LogP contribution in [0.3, 0.4) is 0 Å². The van der Waals surface area contributed by atoms with Gasteiger partial charge in [-0.2, -0.15) is 0 Å². The molecule has 0 fully saturated rings. The second-order valence-corrected chi connectivity index (χ2v) is 5.39. The topological polar surface area (TPSA) is 75.6 Å². The van der Waals surface area contributed by atoms with Gasteiger partial charge in [-0.05, 0) is 60.2 Å². The lowest BCUT2D eigenvalue weighted by Gasteiger charge is -2.13. The molecule has 6 heteroatoms. The molecule has 0 aliphatic heterocycles. The Balaban J connectivity index is 2.27. The standard InChI is InChI=1S/C13H16INO4/c1-9(2-7-13(17)18)15-12(16)8-19-11-5-3-10(14)4-6-11/h3-6,9H,2,7-8H2,1H3,(H,15,16)(H,17,18). The minimum atomic E-state index is -0.865. The molecule has 0 aliphatic carbocycles. The fourth-order valence-corrected chi connectivity index (χ4v) is 1.77. The number of amides is 1. The van der Waals surface area contributed by atoms with Gasteiger partial charge in [0.1, 0.15) is 5.75 Å². The average molecular weight is 377 g/mol. The van der Waals surface area contributed by atoms with Gasteiger partial charge in [0.2, 0.25) is 0 Å². The third-order valence-corrected chi connectivity index (χ3v) is 3.10. The van der Waals surface area contributed by atoms with Crippen LogP contribution in [0.2, 0.25) is 0 Å². The van der Waals surface area contributed by atoms with Crippen molar-refractivity contribution in [2.45, 2.75) is 25.8 Å². The van der Waals surface area contributed by atoms with Gasteiger partial charge in [-0.3, -0.25) is 9.59 Å². The lowest BCUT2D eigenvalue weighted by molar-refractivity contribution is -0.137. The molecule has 0 aromatic heterocycles. The molecular formula is C13H16INO4. The van der Waals surface area contributed by atoms with Crippen molar-refractivity contribution in [3.8, 4) is 5.75 Å². The first kappa shape index (κ1) is 15.7. The molecule has 1 atom stereocenters. The highest BCUT2D eigenvalue weighted by molar-refractivity contribution is 14.1. The van der Waals surface area contributed by atoms with Gasteiger partial charge in [0.25, 0.3) is 5.91 Å². The predicted molar refractivity (Wildman–Crippen MR) is 79.1 cm³/mol. The van der Waals surface area contributed by atoms with Crippen LogP contribution in [0.1, 0.15) is 19.8 Å². The van der Waals surface area contributed by atoms with Gasteiger partial charge in [0.15, 0.2) is 6.61 Å². The number of carboxylic acid groups (broad SMARTS) is 1. The lowest BCUT2D eigenvalue weighted by Crippen LogP contribution is -2.36. The van der Waals surface area contributed by atoms with Crippen LogP contribution < -0.4 is 10.1 Å². The first-order valence-electron chi connectivity index (χ1n) is 5.87. The van der Waals surface area contributed by atoms with Gasteiger partial charge in [-0.25, -0.2) is 0 Å². The number of carbonyl (C=O) groups excluding carboxylic acids is 1. The highest BCUT2D eigenvalue weighted by Gasteiger charge is 2.09. The number of halogens is 1. The zero-order valence-corrected chi connectivity index (χ0v) is 12.7. The molecule has 0 aliphatic rings. The van der Waals surface area contributed by atoms with E-state index in [0.717, 1.165) is 3.57 Å². The molecule has 0 heterocycles. The molecule has 0 saturated heterocycles. The number of ether oxygens (including phenoxy) is 1. The van der Waals surface area contributed by atoms with Crippen molar-refractivity contribution in [1.82, 2.24) is 5.32 Å². The summed E-state index contributed by atoms with van der Waals surface area (Å²) in [5.74, 6) is -0.485. The Morgan fingerprint density at radius 2 is 2.00 bits per heavy atom. The van der Waals surface area contributed by atoms with Crippen molar-refractivity contribution in [1.29, 1.82) is 0 Å². The summed E-state index contributed by atoms with van der Waals surface area (Å²) in [7, 11) is 0. The van der Waals surface area contributed by atoms with Crippen LogP contribution >= 0.6 is 22.6 Å². The van der Waals surface area contributed by atoms with Crippen LogP contribution in [0, 0.1) is 3.57 Å². The molecule has 1 aromatic carbocycles. The first-order valence-corrected chi connectivity index (χ1v) is 6.95. The SMILES string of the molecule is CC(CCC(=O)O)NC(=O)COc1ccc(I)cc1. The van der Waals surface area contributed by atoms with E-state index in [1.165, 1.54) is 0 Å². The molecule has 1 unspecified atom stereocenters. The summed E-state index contributed by atoms with van der Waals surface area (Å²) in [4.78, 5) is 21.9. The van der Waals surface area contributed by atoms with Crippen molar-refractivity contribution in [2.75, 3.05) is 6.61 Å². The van der Waals surface area contributed by atoms with Gasteiger partial charge >= 0.3 is 5.97 Å². The second kappa shape index (κ2) is 7.98. The summed E-state index contributed by atoms with van der Waals surface area (Å²) in [6, 6.07) is 7.20. The van der Waals surface area contributed by atoms with Crippen molar-refractivity contribution < 1.29 is 19.4 Å². The van der Waals surface area contributed by atoms with Gasteiger partial charge in [-0.15, -0.1) is 0 Å². The first-order chi connectivity index (χ1) is 8.97. The Labute approximate surface area is 125 Å². The van der Waals surface area contributed by atoms with Crippen molar-refractivity contribution in [2.24, 2.45) is 0 Å². The van der Waals surface area contributed by atoms with Crippen molar-refractivity contribution in [3.63, 3.8) is 0 Å². The van der Waals surface area contributed by atoms with E-state index < -0.39 is 5.97 Å². The number of nitrogens with one attached hydrogen (secondary N) is 1. The third kappa shape index (κ3) is 7.00. The molecule has 0 saturated carbocycles.